The third kappa shape index (κ3) is 1.99. The Bertz CT molecular complexity index is 261. The second-order valence-electron chi connectivity index (χ2n) is 2.18. The molecule has 1 nitrogen and oxygen atoms in total. The van der Waals surface area contributed by atoms with E-state index in [0.717, 1.165) is 5.56 Å². The predicted molar refractivity (Wildman–Crippen MR) is 47.6 cm³/mol. The standard InChI is InChI=1S/C9H9ClO/c1-2-9(10)7-3-5-8(11)6-4-7/h2-6,11H,1H3/b9-2-. The average Bonchev–Trinajstić information content (AvgIpc) is 2.05. The van der Waals surface area contributed by atoms with E-state index in [4.69, 9.17) is 16.7 Å². The zero-order valence-corrected chi connectivity index (χ0v) is 6.97. The van der Waals surface area contributed by atoms with E-state index in [0.29, 0.717) is 5.03 Å². The van der Waals surface area contributed by atoms with E-state index < -0.39 is 0 Å². The van der Waals surface area contributed by atoms with Gasteiger partial charge in [-0.3, -0.25) is 0 Å². The highest BCUT2D eigenvalue weighted by molar-refractivity contribution is 6.48. The molecule has 0 aromatic heterocycles. The maximum absolute atomic E-state index is 8.95. The normalized spacial score (nSPS) is 11.6. The molecule has 0 saturated heterocycles. The number of phenols is 1. The summed E-state index contributed by atoms with van der Waals surface area (Å²) in [5, 5.41) is 9.65. The van der Waals surface area contributed by atoms with Gasteiger partial charge in [-0.2, -0.15) is 0 Å². The molecule has 0 saturated carbocycles. The van der Waals surface area contributed by atoms with E-state index in [1.54, 1.807) is 24.3 Å². The minimum atomic E-state index is 0.259. The number of hydrogen-bond donors (Lipinski definition) is 1. The van der Waals surface area contributed by atoms with Gasteiger partial charge in [-0.1, -0.05) is 17.7 Å². The molecule has 0 spiro atoms. The highest BCUT2D eigenvalue weighted by atomic mass is 35.5. The van der Waals surface area contributed by atoms with Gasteiger partial charge in [0.2, 0.25) is 0 Å². The van der Waals surface area contributed by atoms with Crippen LogP contribution in [0.25, 0.3) is 5.03 Å². The highest BCUT2D eigenvalue weighted by Crippen LogP contribution is 2.20. The number of phenolic OH excluding ortho intramolecular Hbond substituents is 1. The average molecular weight is 169 g/mol. The van der Waals surface area contributed by atoms with Crippen LogP contribution in [-0.2, 0) is 0 Å². The van der Waals surface area contributed by atoms with Gasteiger partial charge in [0.15, 0.2) is 0 Å². The molecule has 1 N–H and O–H groups in total. The molecule has 0 radical (unpaired) electrons. The Hall–Kier alpha value is -0.950. The molecule has 0 aliphatic heterocycles. The van der Waals surface area contributed by atoms with E-state index in [1.807, 2.05) is 13.0 Å². The van der Waals surface area contributed by atoms with Gasteiger partial charge in [-0.05, 0) is 36.8 Å². The van der Waals surface area contributed by atoms with Crippen molar-refractivity contribution in [2.75, 3.05) is 0 Å². The van der Waals surface area contributed by atoms with E-state index in [2.05, 4.69) is 0 Å². The van der Waals surface area contributed by atoms with Crippen molar-refractivity contribution in [2.24, 2.45) is 0 Å². The van der Waals surface area contributed by atoms with Crippen LogP contribution in [0.4, 0.5) is 0 Å². The van der Waals surface area contributed by atoms with Crippen molar-refractivity contribution >= 4 is 16.6 Å². The molecule has 11 heavy (non-hydrogen) atoms. The fourth-order valence-electron chi connectivity index (χ4n) is 0.787. The van der Waals surface area contributed by atoms with Gasteiger partial charge in [-0.15, -0.1) is 0 Å². The Kier molecular flexibility index (Phi) is 2.55. The van der Waals surface area contributed by atoms with Crippen molar-refractivity contribution in [3.63, 3.8) is 0 Å². The third-order valence-electron chi connectivity index (χ3n) is 1.40. The van der Waals surface area contributed by atoms with Crippen LogP contribution < -0.4 is 0 Å². The van der Waals surface area contributed by atoms with Crippen molar-refractivity contribution in [2.45, 2.75) is 6.92 Å². The summed E-state index contributed by atoms with van der Waals surface area (Å²) in [6, 6.07) is 6.78. The number of aromatic hydroxyl groups is 1. The number of hydrogen-bond acceptors (Lipinski definition) is 1. The second-order valence-corrected chi connectivity index (χ2v) is 2.59. The quantitative estimate of drug-likeness (QED) is 0.684. The van der Waals surface area contributed by atoms with Crippen LogP contribution in [0.1, 0.15) is 12.5 Å². The maximum Gasteiger partial charge on any atom is 0.115 e. The molecule has 58 valence electrons. The van der Waals surface area contributed by atoms with Gasteiger partial charge in [0.1, 0.15) is 5.75 Å². The second kappa shape index (κ2) is 3.44. The molecule has 0 heterocycles. The third-order valence-corrected chi connectivity index (χ3v) is 1.83. The fraction of sp³-hybridized carbons (Fsp3) is 0.111. The predicted octanol–water partition coefficient (Wildman–Crippen LogP) is 2.99. The molecule has 0 amide bonds. The number of halogens is 1. The molecule has 0 fully saturated rings. The van der Waals surface area contributed by atoms with Crippen LogP contribution in [0.5, 0.6) is 5.75 Å². The molecule has 0 bridgehead atoms. The summed E-state index contributed by atoms with van der Waals surface area (Å²) >= 11 is 5.82. The van der Waals surface area contributed by atoms with Gasteiger partial charge < -0.3 is 5.11 Å². The zero-order valence-electron chi connectivity index (χ0n) is 6.21. The minimum absolute atomic E-state index is 0.259. The molecule has 0 atom stereocenters. The SMILES string of the molecule is C/C=C(\Cl)c1ccc(O)cc1. The summed E-state index contributed by atoms with van der Waals surface area (Å²) in [5.74, 6) is 0.259. The molecular formula is C9H9ClO. The van der Waals surface area contributed by atoms with Gasteiger partial charge in [0.05, 0.1) is 0 Å². The van der Waals surface area contributed by atoms with Crippen molar-refractivity contribution in [1.29, 1.82) is 0 Å². The van der Waals surface area contributed by atoms with Crippen molar-refractivity contribution < 1.29 is 5.11 Å². The van der Waals surface area contributed by atoms with Gasteiger partial charge >= 0.3 is 0 Å². The maximum atomic E-state index is 8.95. The summed E-state index contributed by atoms with van der Waals surface area (Å²) in [4.78, 5) is 0. The van der Waals surface area contributed by atoms with E-state index in [-0.39, 0.29) is 5.75 Å². The van der Waals surface area contributed by atoms with Crippen LogP contribution in [0, 0.1) is 0 Å². The lowest BCUT2D eigenvalue weighted by Crippen LogP contribution is -1.74. The first kappa shape index (κ1) is 8.15. The lowest BCUT2D eigenvalue weighted by molar-refractivity contribution is 0.475. The Morgan fingerprint density at radius 2 is 1.91 bits per heavy atom. The summed E-state index contributed by atoms with van der Waals surface area (Å²) in [6.07, 6.45) is 1.81. The fourth-order valence-corrected chi connectivity index (χ4v) is 0.913. The van der Waals surface area contributed by atoms with Gasteiger partial charge in [-0.25, -0.2) is 0 Å². The van der Waals surface area contributed by atoms with Crippen LogP contribution in [0.2, 0.25) is 0 Å². The van der Waals surface area contributed by atoms with Crippen LogP contribution in [-0.4, -0.2) is 5.11 Å². The molecular weight excluding hydrogens is 160 g/mol. The molecule has 2 heteroatoms. The van der Waals surface area contributed by atoms with Crippen LogP contribution in [0.3, 0.4) is 0 Å². The monoisotopic (exact) mass is 168 g/mol. The highest BCUT2D eigenvalue weighted by Gasteiger charge is 1.94. The van der Waals surface area contributed by atoms with E-state index >= 15 is 0 Å². The van der Waals surface area contributed by atoms with Crippen molar-refractivity contribution in [1.82, 2.24) is 0 Å². The van der Waals surface area contributed by atoms with Gasteiger partial charge in [0.25, 0.3) is 0 Å². The summed E-state index contributed by atoms with van der Waals surface area (Å²) in [7, 11) is 0. The lowest BCUT2D eigenvalue weighted by Gasteiger charge is -1.97. The minimum Gasteiger partial charge on any atom is -0.508 e. The molecule has 0 aliphatic rings. The van der Waals surface area contributed by atoms with Gasteiger partial charge in [0, 0.05) is 5.03 Å². The van der Waals surface area contributed by atoms with Crippen molar-refractivity contribution in [3.05, 3.63) is 35.9 Å². The zero-order chi connectivity index (χ0) is 8.27. The first-order chi connectivity index (χ1) is 5.24. The van der Waals surface area contributed by atoms with E-state index in [1.165, 1.54) is 0 Å². The lowest BCUT2D eigenvalue weighted by atomic mass is 10.2. The smallest absolute Gasteiger partial charge is 0.115 e. The molecule has 0 aliphatic carbocycles. The summed E-state index contributed by atoms with van der Waals surface area (Å²) in [6.45, 7) is 1.87. The number of rotatable bonds is 1. The van der Waals surface area contributed by atoms with Crippen LogP contribution in [0.15, 0.2) is 30.3 Å². The van der Waals surface area contributed by atoms with Crippen molar-refractivity contribution in [3.8, 4) is 5.75 Å². The topological polar surface area (TPSA) is 20.2 Å². The molecule has 1 rings (SSSR count). The number of benzene rings is 1. The Morgan fingerprint density at radius 3 is 2.36 bits per heavy atom. The summed E-state index contributed by atoms with van der Waals surface area (Å²) in [5.41, 5.74) is 0.923. The molecule has 1 aromatic rings. The number of allylic oxidation sites excluding steroid dienone is 1. The Balaban J connectivity index is 2.99. The largest absolute Gasteiger partial charge is 0.508 e. The Morgan fingerprint density at radius 1 is 1.36 bits per heavy atom. The van der Waals surface area contributed by atoms with Crippen LogP contribution >= 0.6 is 11.6 Å². The molecule has 1 aromatic carbocycles. The molecule has 0 unspecified atom stereocenters. The first-order valence-electron chi connectivity index (χ1n) is 3.35. The Labute approximate surface area is 70.9 Å². The summed E-state index contributed by atoms with van der Waals surface area (Å²) < 4.78 is 0. The first-order valence-corrected chi connectivity index (χ1v) is 3.73. The van der Waals surface area contributed by atoms with E-state index in [9.17, 15) is 0 Å².